The summed E-state index contributed by atoms with van der Waals surface area (Å²) in [7, 11) is 1.99. The third-order valence-corrected chi connectivity index (χ3v) is 8.12. The second-order valence-corrected chi connectivity index (χ2v) is 10.00. The molecule has 2 atom stereocenters. The summed E-state index contributed by atoms with van der Waals surface area (Å²) < 4.78 is 18.2. The number of likely N-dealkylation sites (tertiary alicyclic amines) is 1. The number of aromatic nitrogens is 1. The molecule has 3 saturated heterocycles. The van der Waals surface area contributed by atoms with Gasteiger partial charge in [0.1, 0.15) is 12.1 Å². The molecule has 5 rings (SSSR count). The van der Waals surface area contributed by atoms with Crippen LogP contribution in [0.5, 0.6) is 0 Å². The van der Waals surface area contributed by atoms with Gasteiger partial charge in [0.25, 0.3) is 0 Å². The summed E-state index contributed by atoms with van der Waals surface area (Å²) in [6.07, 6.45) is 5.33. The lowest BCUT2D eigenvalue weighted by molar-refractivity contribution is -0.136. The van der Waals surface area contributed by atoms with Crippen molar-refractivity contribution in [1.29, 1.82) is 0 Å². The Hall–Kier alpha value is -2.61. The first-order chi connectivity index (χ1) is 15.9. The fourth-order valence-corrected chi connectivity index (χ4v) is 5.99. The van der Waals surface area contributed by atoms with E-state index in [0.717, 1.165) is 76.5 Å². The van der Waals surface area contributed by atoms with Crippen LogP contribution in [0.1, 0.15) is 32.6 Å². The van der Waals surface area contributed by atoms with Crippen LogP contribution in [-0.2, 0) is 4.79 Å². The first kappa shape index (κ1) is 22.2. The molecule has 8 heteroatoms. The first-order valence-corrected chi connectivity index (χ1v) is 12.1. The van der Waals surface area contributed by atoms with Gasteiger partial charge in [-0.05, 0) is 56.9 Å². The van der Waals surface area contributed by atoms with E-state index in [1.807, 2.05) is 30.1 Å². The highest BCUT2D eigenvalue weighted by molar-refractivity contribution is 5.85. The van der Waals surface area contributed by atoms with Gasteiger partial charge in [-0.25, -0.2) is 4.39 Å². The molecule has 3 fully saturated rings. The number of anilines is 2. The molecule has 3 aliphatic heterocycles. The van der Waals surface area contributed by atoms with E-state index < -0.39 is 0 Å². The Kier molecular flexibility index (Phi) is 6.03. The molecule has 3 aliphatic rings. The lowest BCUT2D eigenvalue weighted by Crippen LogP contribution is -2.52. The van der Waals surface area contributed by atoms with E-state index in [1.165, 1.54) is 12.1 Å². The minimum Gasteiger partial charge on any atom is -0.369 e. The van der Waals surface area contributed by atoms with Crippen LogP contribution in [0.4, 0.5) is 15.9 Å². The molecule has 178 valence electrons. The van der Waals surface area contributed by atoms with Crippen LogP contribution >= 0.6 is 0 Å². The SMILES string of the molecule is C[C@@H]1CN(c2ccc(F)cc2)CCN1CC[C@H]1CC2(CCN(c3ccon3)CC2)C(=O)N1C. The van der Waals surface area contributed by atoms with Crippen LogP contribution in [0.25, 0.3) is 0 Å². The van der Waals surface area contributed by atoms with Crippen LogP contribution in [0, 0.1) is 11.2 Å². The quantitative estimate of drug-likeness (QED) is 0.690. The standard InChI is InChI=1S/C25H34FN5O2/c1-19-18-31(21-5-3-20(26)4-6-21)15-14-29(19)11-7-22-17-25(24(32)28(22)2)9-12-30(13-10-25)23-8-16-33-27-23/h3-6,8,16,19,22H,7,9-15,17-18H2,1-2H3/t19-,22+/m1/s1. The summed E-state index contributed by atoms with van der Waals surface area (Å²) >= 11 is 0. The van der Waals surface area contributed by atoms with Gasteiger partial charge in [-0.2, -0.15) is 0 Å². The molecule has 1 aromatic heterocycles. The molecule has 0 N–H and O–H groups in total. The molecule has 2 aromatic rings. The fraction of sp³-hybridized carbons (Fsp3) is 0.600. The molecule has 0 radical (unpaired) electrons. The van der Waals surface area contributed by atoms with Crippen molar-refractivity contribution in [2.24, 2.45) is 5.41 Å². The van der Waals surface area contributed by atoms with Crippen LogP contribution in [0.3, 0.4) is 0 Å². The minimum atomic E-state index is -0.216. The number of benzene rings is 1. The molecular weight excluding hydrogens is 421 g/mol. The Labute approximate surface area is 195 Å². The molecule has 0 aliphatic carbocycles. The maximum Gasteiger partial charge on any atom is 0.228 e. The highest BCUT2D eigenvalue weighted by atomic mass is 19.1. The Bertz CT molecular complexity index is 942. The van der Waals surface area contributed by atoms with E-state index in [9.17, 15) is 9.18 Å². The lowest BCUT2D eigenvalue weighted by atomic mass is 9.75. The Morgan fingerprint density at radius 3 is 2.52 bits per heavy atom. The van der Waals surface area contributed by atoms with E-state index in [0.29, 0.717) is 18.0 Å². The average molecular weight is 456 g/mol. The number of carbonyl (C=O) groups is 1. The van der Waals surface area contributed by atoms with Crippen LogP contribution in [0.15, 0.2) is 41.1 Å². The largest absolute Gasteiger partial charge is 0.369 e. The molecule has 33 heavy (non-hydrogen) atoms. The Morgan fingerprint density at radius 2 is 1.85 bits per heavy atom. The third-order valence-electron chi connectivity index (χ3n) is 8.12. The van der Waals surface area contributed by atoms with Gasteiger partial charge in [-0.1, -0.05) is 5.16 Å². The van der Waals surface area contributed by atoms with E-state index in [1.54, 1.807) is 6.26 Å². The molecule has 1 spiro atoms. The number of piperazine rings is 1. The van der Waals surface area contributed by atoms with Gasteiger partial charge in [0.2, 0.25) is 5.91 Å². The smallest absolute Gasteiger partial charge is 0.228 e. The first-order valence-electron chi connectivity index (χ1n) is 12.1. The molecule has 0 bridgehead atoms. The van der Waals surface area contributed by atoms with E-state index in [2.05, 4.69) is 26.8 Å². The summed E-state index contributed by atoms with van der Waals surface area (Å²) in [6.45, 7) is 7.83. The van der Waals surface area contributed by atoms with E-state index >= 15 is 0 Å². The highest BCUT2D eigenvalue weighted by Gasteiger charge is 2.51. The molecule has 4 heterocycles. The maximum atomic E-state index is 13.3. The number of carbonyl (C=O) groups excluding carboxylic acids is 1. The van der Waals surface area contributed by atoms with Gasteiger partial charge < -0.3 is 19.2 Å². The van der Waals surface area contributed by atoms with Gasteiger partial charge in [-0.3, -0.25) is 9.69 Å². The minimum absolute atomic E-state index is 0.192. The third kappa shape index (κ3) is 4.33. The molecular formula is C25H34FN5O2. The molecule has 1 amide bonds. The van der Waals surface area contributed by atoms with Crippen LogP contribution < -0.4 is 9.80 Å². The van der Waals surface area contributed by atoms with Crippen LogP contribution in [0.2, 0.25) is 0 Å². The van der Waals surface area contributed by atoms with Gasteiger partial charge in [0, 0.05) is 70.2 Å². The summed E-state index contributed by atoms with van der Waals surface area (Å²) in [5.74, 6) is 0.998. The van der Waals surface area contributed by atoms with Crippen molar-refractivity contribution in [3.63, 3.8) is 0 Å². The topological polar surface area (TPSA) is 56.1 Å². The van der Waals surface area contributed by atoms with Crippen molar-refractivity contribution >= 4 is 17.4 Å². The Morgan fingerprint density at radius 1 is 1.09 bits per heavy atom. The number of amides is 1. The average Bonchev–Trinajstić information content (AvgIpc) is 3.44. The van der Waals surface area contributed by atoms with Crippen molar-refractivity contribution in [3.05, 3.63) is 42.4 Å². The highest BCUT2D eigenvalue weighted by Crippen LogP contribution is 2.45. The second-order valence-electron chi connectivity index (χ2n) is 10.00. The molecule has 0 saturated carbocycles. The van der Waals surface area contributed by atoms with Crippen molar-refractivity contribution in [2.75, 3.05) is 56.1 Å². The number of hydrogen-bond acceptors (Lipinski definition) is 6. The van der Waals surface area contributed by atoms with Gasteiger partial charge in [0.15, 0.2) is 5.82 Å². The molecule has 0 unspecified atom stereocenters. The van der Waals surface area contributed by atoms with E-state index in [4.69, 9.17) is 4.52 Å². The van der Waals surface area contributed by atoms with Crippen LogP contribution in [-0.4, -0.2) is 79.3 Å². The summed E-state index contributed by atoms with van der Waals surface area (Å²) in [4.78, 5) is 22.4. The summed E-state index contributed by atoms with van der Waals surface area (Å²) in [6, 6.07) is 9.41. The van der Waals surface area contributed by atoms with Gasteiger partial charge in [0.05, 0.1) is 5.41 Å². The van der Waals surface area contributed by atoms with Gasteiger partial charge in [-0.15, -0.1) is 0 Å². The van der Waals surface area contributed by atoms with Crippen molar-refractivity contribution < 1.29 is 13.7 Å². The maximum absolute atomic E-state index is 13.3. The number of nitrogens with zero attached hydrogens (tertiary/aromatic N) is 5. The second kappa shape index (κ2) is 8.97. The number of rotatable bonds is 5. The summed E-state index contributed by atoms with van der Waals surface area (Å²) in [5.41, 5.74) is 0.870. The Balaban J connectivity index is 1.14. The number of piperidine rings is 1. The number of halogens is 1. The molecule has 1 aromatic carbocycles. The fourth-order valence-electron chi connectivity index (χ4n) is 5.99. The zero-order chi connectivity index (χ0) is 23.0. The molecule has 7 nitrogen and oxygen atoms in total. The van der Waals surface area contributed by atoms with E-state index in [-0.39, 0.29) is 11.2 Å². The predicted octanol–water partition coefficient (Wildman–Crippen LogP) is 3.23. The number of hydrogen-bond donors (Lipinski definition) is 0. The van der Waals surface area contributed by atoms with Crippen molar-refractivity contribution in [2.45, 2.75) is 44.7 Å². The normalized spacial score (nSPS) is 25.9. The lowest BCUT2D eigenvalue weighted by Gasteiger charge is -2.41. The predicted molar refractivity (Wildman–Crippen MR) is 126 cm³/mol. The van der Waals surface area contributed by atoms with Crippen molar-refractivity contribution in [1.82, 2.24) is 15.0 Å². The summed E-state index contributed by atoms with van der Waals surface area (Å²) in [5, 5.41) is 4.05. The zero-order valence-corrected chi connectivity index (χ0v) is 19.6. The zero-order valence-electron chi connectivity index (χ0n) is 19.6. The van der Waals surface area contributed by atoms with Gasteiger partial charge >= 0.3 is 0 Å². The monoisotopic (exact) mass is 455 g/mol. The van der Waals surface area contributed by atoms with Crippen molar-refractivity contribution in [3.8, 4) is 0 Å².